The van der Waals surface area contributed by atoms with E-state index in [1.807, 2.05) is 0 Å². The second-order valence-electron chi connectivity index (χ2n) is 12.7. The van der Waals surface area contributed by atoms with E-state index in [0.29, 0.717) is 54.1 Å². The van der Waals surface area contributed by atoms with Crippen LogP contribution in [0.2, 0.25) is 0 Å². The first-order chi connectivity index (χ1) is 23.5. The summed E-state index contributed by atoms with van der Waals surface area (Å²) < 4.78 is 66.9. The van der Waals surface area contributed by atoms with Crippen molar-refractivity contribution in [2.24, 2.45) is 5.41 Å². The smallest absolute Gasteiger partial charge is 0.319 e. The zero-order valence-electron chi connectivity index (χ0n) is 26.6. The maximum absolute atomic E-state index is 17.1. The lowest BCUT2D eigenvalue weighted by molar-refractivity contribution is 0.0231. The second kappa shape index (κ2) is 12.6. The van der Waals surface area contributed by atoms with Crippen LogP contribution < -0.4 is 19.1 Å². The summed E-state index contributed by atoms with van der Waals surface area (Å²) in [5, 5.41) is 1.18. The largest absolute Gasteiger partial charge is 0.475 e. The van der Waals surface area contributed by atoms with Crippen LogP contribution in [0.3, 0.4) is 0 Å². The Balaban J connectivity index is 1.27. The molecule has 2 aromatic carbocycles. The van der Waals surface area contributed by atoms with Gasteiger partial charge in [-0.15, -0.1) is 6.42 Å². The number of methoxy groups -OCH3 is 1. The quantitative estimate of drug-likeness (QED) is 0.191. The third-order valence-corrected chi connectivity index (χ3v) is 9.54. The summed E-state index contributed by atoms with van der Waals surface area (Å²) in [5.74, 6) is 2.06. The Bertz CT molecular complexity index is 1930. The predicted octanol–water partition coefficient (Wildman–Crippen LogP) is 4.18. The van der Waals surface area contributed by atoms with Crippen molar-refractivity contribution in [2.45, 2.75) is 18.9 Å². The van der Waals surface area contributed by atoms with Crippen molar-refractivity contribution in [3.8, 4) is 41.2 Å². The van der Waals surface area contributed by atoms with E-state index in [1.54, 1.807) is 18.2 Å². The zero-order valence-corrected chi connectivity index (χ0v) is 26.6. The van der Waals surface area contributed by atoms with Gasteiger partial charge in [-0.3, -0.25) is 4.90 Å². The molecule has 8 rings (SSSR count). The molecule has 4 aliphatic rings. The highest BCUT2D eigenvalue weighted by Crippen LogP contribution is 2.47. The van der Waals surface area contributed by atoms with Crippen molar-refractivity contribution in [3.63, 3.8) is 0 Å². The minimum absolute atomic E-state index is 0.0151. The van der Waals surface area contributed by atoms with Gasteiger partial charge in [-0.05, 0) is 36.4 Å². The van der Waals surface area contributed by atoms with E-state index in [0.717, 1.165) is 45.7 Å². The molecule has 2 saturated heterocycles. The van der Waals surface area contributed by atoms with E-state index in [1.165, 1.54) is 13.2 Å². The van der Waals surface area contributed by atoms with E-state index in [4.69, 9.17) is 44.8 Å². The number of morpholine rings is 2. The van der Waals surface area contributed by atoms with E-state index < -0.39 is 11.6 Å². The van der Waals surface area contributed by atoms with Gasteiger partial charge in [0.1, 0.15) is 40.6 Å². The van der Waals surface area contributed by atoms with E-state index in [9.17, 15) is 0 Å². The summed E-state index contributed by atoms with van der Waals surface area (Å²) >= 11 is 0. The van der Waals surface area contributed by atoms with Crippen LogP contribution in [-0.4, -0.2) is 106 Å². The topological polar surface area (TPSA) is 101 Å². The van der Waals surface area contributed by atoms with Crippen LogP contribution in [0.5, 0.6) is 17.6 Å². The Morgan fingerprint density at radius 3 is 2.62 bits per heavy atom. The Morgan fingerprint density at radius 2 is 1.83 bits per heavy atom. The lowest BCUT2D eigenvalue weighted by Gasteiger charge is -2.34. The molecule has 3 fully saturated rings. The lowest BCUT2D eigenvalue weighted by Crippen LogP contribution is -2.48. The maximum Gasteiger partial charge on any atom is 0.319 e. The minimum atomic E-state index is -0.746. The first kappa shape index (κ1) is 31.0. The number of aromatic nitrogens is 3. The molecule has 0 radical (unpaired) electrons. The summed E-state index contributed by atoms with van der Waals surface area (Å²) in [7, 11) is 1.49. The number of halogens is 2. The van der Waals surface area contributed by atoms with Gasteiger partial charge in [-0.25, -0.2) is 13.8 Å². The van der Waals surface area contributed by atoms with Crippen molar-refractivity contribution >= 4 is 27.5 Å². The van der Waals surface area contributed by atoms with Crippen molar-refractivity contribution in [3.05, 3.63) is 41.5 Å². The van der Waals surface area contributed by atoms with Crippen LogP contribution in [-0.2, 0) is 14.2 Å². The van der Waals surface area contributed by atoms with Gasteiger partial charge in [0, 0.05) is 49.7 Å². The molecule has 2 aromatic heterocycles. The molecule has 4 aromatic rings. The highest BCUT2D eigenvalue weighted by Gasteiger charge is 2.45. The Morgan fingerprint density at radius 1 is 1.00 bits per heavy atom. The highest BCUT2D eigenvalue weighted by molar-refractivity contribution is 6.04. The normalized spacial score (nSPS) is 20.1. The third-order valence-electron chi connectivity index (χ3n) is 9.54. The molecule has 0 unspecified atom stereocenters. The van der Waals surface area contributed by atoms with Crippen molar-refractivity contribution in [1.29, 1.82) is 0 Å². The minimum Gasteiger partial charge on any atom is -0.475 e. The fraction of sp³-hybridized carbons (Fsp3) is 0.457. The number of rotatable bonds is 9. The molecule has 11 nitrogen and oxygen atoms in total. The molecule has 3 aliphatic heterocycles. The molecule has 1 atom stereocenters. The number of ether oxygens (including phenoxy) is 6. The molecule has 1 saturated carbocycles. The van der Waals surface area contributed by atoms with Gasteiger partial charge in [0.05, 0.1) is 44.6 Å². The van der Waals surface area contributed by atoms with Crippen LogP contribution in [0.25, 0.3) is 32.9 Å². The standard InChI is InChI=1S/C35H35F2N5O6/c1-3-24-26(36)5-4-21-14-23(48-20-43-2)15-25(27(21)24)30-29(37)31-28-32(42-10-13-45-16-22(42)17-46-33(28)38-30)40-34(39-31)47-19-35(6-7-35)18-41-8-11-44-12-9-41/h1,4-5,14-15,22H,6-13,16-20H2,2H3/t22-/m0/s1. The second-order valence-corrected chi connectivity index (χ2v) is 12.7. The fourth-order valence-electron chi connectivity index (χ4n) is 6.83. The number of hydrogen-bond acceptors (Lipinski definition) is 11. The lowest BCUT2D eigenvalue weighted by atomic mass is 9.95. The summed E-state index contributed by atoms with van der Waals surface area (Å²) in [6.45, 7) is 6.09. The number of fused-ring (bicyclic) bond motifs is 3. The van der Waals surface area contributed by atoms with Gasteiger partial charge >= 0.3 is 6.01 Å². The van der Waals surface area contributed by atoms with Gasteiger partial charge in [0.25, 0.3) is 0 Å². The molecule has 0 bridgehead atoms. The molecular weight excluding hydrogens is 624 g/mol. The summed E-state index contributed by atoms with van der Waals surface area (Å²) in [6.07, 6.45) is 7.85. The van der Waals surface area contributed by atoms with Crippen molar-refractivity contribution in [2.75, 3.05) is 84.6 Å². The van der Waals surface area contributed by atoms with E-state index >= 15 is 8.78 Å². The van der Waals surface area contributed by atoms with Gasteiger partial charge in [-0.2, -0.15) is 9.97 Å². The average molecular weight is 660 g/mol. The van der Waals surface area contributed by atoms with Crippen LogP contribution in [0, 0.1) is 29.4 Å². The Labute approximate surface area is 276 Å². The van der Waals surface area contributed by atoms with Crippen molar-refractivity contribution in [1.82, 2.24) is 19.9 Å². The molecule has 0 N–H and O–H groups in total. The Hall–Kier alpha value is -4.35. The predicted molar refractivity (Wildman–Crippen MR) is 172 cm³/mol. The monoisotopic (exact) mass is 659 g/mol. The van der Waals surface area contributed by atoms with Gasteiger partial charge in [0.2, 0.25) is 5.88 Å². The van der Waals surface area contributed by atoms with Crippen LogP contribution >= 0.6 is 0 Å². The van der Waals surface area contributed by atoms with E-state index in [2.05, 4.69) is 20.7 Å². The first-order valence-corrected chi connectivity index (χ1v) is 16.1. The maximum atomic E-state index is 17.1. The molecule has 13 heteroatoms. The molecule has 5 heterocycles. The Kier molecular flexibility index (Phi) is 8.12. The first-order valence-electron chi connectivity index (χ1n) is 16.1. The molecule has 1 aliphatic carbocycles. The highest BCUT2D eigenvalue weighted by atomic mass is 19.1. The van der Waals surface area contributed by atoms with Gasteiger partial charge < -0.3 is 33.3 Å². The number of pyridine rings is 1. The number of terminal acetylenes is 1. The number of nitrogens with zero attached hydrogens (tertiary/aromatic N) is 5. The molecule has 0 amide bonds. The van der Waals surface area contributed by atoms with Crippen LogP contribution in [0.15, 0.2) is 24.3 Å². The number of benzene rings is 2. The zero-order chi connectivity index (χ0) is 32.8. The third kappa shape index (κ3) is 5.62. The van der Waals surface area contributed by atoms with Crippen molar-refractivity contribution < 1.29 is 37.2 Å². The summed E-state index contributed by atoms with van der Waals surface area (Å²) in [6, 6.07) is 5.98. The molecular formula is C35H35F2N5O6. The summed E-state index contributed by atoms with van der Waals surface area (Å²) in [4.78, 5) is 18.6. The molecule has 0 spiro atoms. The number of hydrogen-bond donors (Lipinski definition) is 0. The average Bonchev–Trinajstić information content (AvgIpc) is 3.90. The number of anilines is 1. The van der Waals surface area contributed by atoms with Crippen LogP contribution in [0.4, 0.5) is 14.6 Å². The van der Waals surface area contributed by atoms with Gasteiger partial charge in [0.15, 0.2) is 12.6 Å². The molecule has 48 heavy (non-hydrogen) atoms. The molecule has 250 valence electrons. The van der Waals surface area contributed by atoms with Gasteiger partial charge in [-0.1, -0.05) is 12.0 Å². The summed E-state index contributed by atoms with van der Waals surface area (Å²) in [5.41, 5.74) is 0.0465. The van der Waals surface area contributed by atoms with Crippen LogP contribution in [0.1, 0.15) is 18.4 Å². The van der Waals surface area contributed by atoms with E-state index in [-0.39, 0.29) is 59.1 Å². The SMILES string of the molecule is C#Cc1c(F)ccc2cc(OCOC)cc(-c3nc4c5c(nc(OCC6(CN7CCOCC7)CC6)nc5c3F)N3CCOC[C@H]3CO4)c12. The fourth-order valence-corrected chi connectivity index (χ4v) is 6.83.